The summed E-state index contributed by atoms with van der Waals surface area (Å²) in [4.78, 5) is 13.1. The third-order valence-corrected chi connectivity index (χ3v) is 7.18. The smallest absolute Gasteiger partial charge is 0.255 e. The molecule has 3 rings (SSSR count). The van der Waals surface area contributed by atoms with E-state index in [1.165, 1.54) is 6.07 Å². The lowest BCUT2D eigenvalue weighted by Crippen LogP contribution is -2.32. The number of para-hydroxylation sites is 1. The van der Waals surface area contributed by atoms with E-state index >= 15 is 0 Å². The maximum atomic E-state index is 13.1. The number of benzene rings is 2. The summed E-state index contributed by atoms with van der Waals surface area (Å²) in [5.74, 6) is -0.311. The normalized spacial score (nSPS) is 16.2. The lowest BCUT2D eigenvalue weighted by Gasteiger charge is -2.23. The Labute approximate surface area is 174 Å². The number of amides is 1. The van der Waals surface area contributed by atoms with Gasteiger partial charge in [-0.3, -0.25) is 4.79 Å². The van der Waals surface area contributed by atoms with Gasteiger partial charge in [-0.05, 0) is 48.1 Å². The van der Waals surface area contributed by atoms with E-state index in [4.69, 9.17) is 0 Å². The van der Waals surface area contributed by atoms with Gasteiger partial charge < -0.3 is 5.32 Å². The van der Waals surface area contributed by atoms with Crippen LogP contribution in [0.25, 0.3) is 0 Å². The minimum atomic E-state index is -3.59. The molecule has 1 fully saturated rings. The third kappa shape index (κ3) is 5.06. The van der Waals surface area contributed by atoms with Crippen LogP contribution < -0.4 is 5.32 Å². The molecule has 29 heavy (non-hydrogen) atoms. The summed E-state index contributed by atoms with van der Waals surface area (Å²) in [7, 11) is -3.59. The van der Waals surface area contributed by atoms with Crippen molar-refractivity contribution >= 4 is 21.6 Å². The first kappa shape index (κ1) is 21.5. The summed E-state index contributed by atoms with van der Waals surface area (Å²) in [6.45, 7) is 7.35. The molecule has 1 N–H and O–H groups in total. The highest BCUT2D eigenvalue weighted by atomic mass is 32.2. The van der Waals surface area contributed by atoms with Crippen LogP contribution in [-0.4, -0.2) is 31.7 Å². The fourth-order valence-corrected chi connectivity index (χ4v) is 5.23. The summed E-state index contributed by atoms with van der Waals surface area (Å²) in [6, 6.07) is 14.0. The Morgan fingerprint density at radius 3 is 2.24 bits per heavy atom. The van der Waals surface area contributed by atoms with Crippen LogP contribution in [0, 0.1) is 0 Å². The van der Waals surface area contributed by atoms with Gasteiger partial charge in [-0.2, -0.15) is 4.31 Å². The number of nitrogens with one attached hydrogen (secondary N) is 1. The van der Waals surface area contributed by atoms with Gasteiger partial charge in [0.05, 0.1) is 4.90 Å². The van der Waals surface area contributed by atoms with Gasteiger partial charge in [0.1, 0.15) is 0 Å². The molecule has 0 aliphatic carbocycles. The standard InChI is InChI=1S/C23H30N2O3S/c1-23(2,3)20-13-6-7-14-21(20)24-22(26)18-11-10-12-19(17-18)29(27,28)25-15-8-4-5-9-16-25/h6-7,10-14,17H,4-5,8-9,15-16H2,1-3H3,(H,24,26). The van der Waals surface area contributed by atoms with Crippen molar-refractivity contribution in [2.75, 3.05) is 18.4 Å². The van der Waals surface area contributed by atoms with Crippen molar-refractivity contribution in [3.05, 3.63) is 59.7 Å². The van der Waals surface area contributed by atoms with Crippen LogP contribution in [-0.2, 0) is 15.4 Å². The molecular weight excluding hydrogens is 384 g/mol. The number of carbonyl (C=O) groups is 1. The zero-order chi connectivity index (χ0) is 21.1. The molecule has 0 aromatic heterocycles. The minimum absolute atomic E-state index is 0.123. The van der Waals surface area contributed by atoms with E-state index in [9.17, 15) is 13.2 Å². The molecule has 0 saturated carbocycles. The third-order valence-electron chi connectivity index (χ3n) is 5.28. The molecule has 5 nitrogen and oxygen atoms in total. The molecule has 2 aromatic rings. The fraction of sp³-hybridized carbons (Fsp3) is 0.435. The first-order chi connectivity index (χ1) is 13.7. The predicted molar refractivity (Wildman–Crippen MR) is 117 cm³/mol. The molecule has 2 aromatic carbocycles. The second-order valence-electron chi connectivity index (χ2n) is 8.60. The van der Waals surface area contributed by atoms with Crippen molar-refractivity contribution < 1.29 is 13.2 Å². The average Bonchev–Trinajstić information content (AvgIpc) is 2.98. The topological polar surface area (TPSA) is 66.5 Å². The summed E-state index contributed by atoms with van der Waals surface area (Å²) in [5.41, 5.74) is 1.99. The Balaban J connectivity index is 1.85. The lowest BCUT2D eigenvalue weighted by atomic mass is 9.86. The molecule has 6 heteroatoms. The molecule has 156 valence electrons. The van der Waals surface area contributed by atoms with Crippen molar-refractivity contribution in [2.24, 2.45) is 0 Å². The van der Waals surface area contributed by atoms with E-state index in [0.717, 1.165) is 36.9 Å². The molecule has 1 aliphatic heterocycles. The maximum absolute atomic E-state index is 13.1. The van der Waals surface area contributed by atoms with Gasteiger partial charge in [-0.1, -0.05) is 57.9 Å². The number of nitrogens with zero attached hydrogens (tertiary/aromatic N) is 1. The Morgan fingerprint density at radius 2 is 1.59 bits per heavy atom. The molecule has 1 heterocycles. The zero-order valence-electron chi connectivity index (χ0n) is 17.4. The minimum Gasteiger partial charge on any atom is -0.322 e. The van der Waals surface area contributed by atoms with Crippen LogP contribution in [0.15, 0.2) is 53.4 Å². The monoisotopic (exact) mass is 414 g/mol. The van der Waals surface area contributed by atoms with Crippen molar-refractivity contribution in [3.8, 4) is 0 Å². The Kier molecular flexibility index (Phi) is 6.44. The molecule has 1 saturated heterocycles. The molecule has 0 spiro atoms. The highest BCUT2D eigenvalue weighted by Gasteiger charge is 2.26. The van der Waals surface area contributed by atoms with Crippen LogP contribution in [0.4, 0.5) is 5.69 Å². The Hall–Kier alpha value is -2.18. The second-order valence-corrected chi connectivity index (χ2v) is 10.5. The lowest BCUT2D eigenvalue weighted by molar-refractivity contribution is 0.102. The molecular formula is C23H30N2O3S. The van der Waals surface area contributed by atoms with Gasteiger partial charge in [-0.25, -0.2) is 8.42 Å². The van der Waals surface area contributed by atoms with Crippen LogP contribution in [0.1, 0.15) is 62.4 Å². The molecule has 0 radical (unpaired) electrons. The number of carbonyl (C=O) groups excluding carboxylic acids is 1. The van der Waals surface area contributed by atoms with E-state index in [1.54, 1.807) is 22.5 Å². The van der Waals surface area contributed by atoms with Crippen molar-refractivity contribution in [1.29, 1.82) is 0 Å². The number of rotatable bonds is 4. The number of hydrogen-bond acceptors (Lipinski definition) is 3. The zero-order valence-corrected chi connectivity index (χ0v) is 18.3. The van der Waals surface area contributed by atoms with Crippen molar-refractivity contribution in [2.45, 2.75) is 56.8 Å². The average molecular weight is 415 g/mol. The molecule has 0 bridgehead atoms. The van der Waals surface area contributed by atoms with Crippen LogP contribution in [0.2, 0.25) is 0 Å². The summed E-state index contributed by atoms with van der Waals surface area (Å²) < 4.78 is 27.7. The Morgan fingerprint density at radius 1 is 0.931 bits per heavy atom. The summed E-state index contributed by atoms with van der Waals surface area (Å²) in [6.07, 6.45) is 3.87. The van der Waals surface area contributed by atoms with Crippen LogP contribution in [0.3, 0.4) is 0 Å². The van der Waals surface area contributed by atoms with Gasteiger partial charge >= 0.3 is 0 Å². The van der Waals surface area contributed by atoms with E-state index < -0.39 is 10.0 Å². The van der Waals surface area contributed by atoms with Crippen LogP contribution in [0.5, 0.6) is 0 Å². The molecule has 1 amide bonds. The van der Waals surface area contributed by atoms with Gasteiger partial charge in [-0.15, -0.1) is 0 Å². The number of hydrogen-bond donors (Lipinski definition) is 1. The van der Waals surface area contributed by atoms with E-state index in [-0.39, 0.29) is 16.2 Å². The Bertz CT molecular complexity index is 970. The van der Waals surface area contributed by atoms with Gasteiger partial charge in [0.2, 0.25) is 10.0 Å². The van der Waals surface area contributed by atoms with Crippen molar-refractivity contribution in [1.82, 2.24) is 4.31 Å². The maximum Gasteiger partial charge on any atom is 0.255 e. The fourth-order valence-electron chi connectivity index (χ4n) is 3.67. The first-order valence-electron chi connectivity index (χ1n) is 10.2. The number of sulfonamides is 1. The summed E-state index contributed by atoms with van der Waals surface area (Å²) in [5, 5.41) is 2.95. The first-order valence-corrected chi connectivity index (χ1v) is 11.6. The second kappa shape index (κ2) is 8.67. The quantitative estimate of drug-likeness (QED) is 0.781. The summed E-state index contributed by atoms with van der Waals surface area (Å²) >= 11 is 0. The highest BCUT2D eigenvalue weighted by molar-refractivity contribution is 7.89. The van der Waals surface area contributed by atoms with Crippen molar-refractivity contribution in [3.63, 3.8) is 0 Å². The number of anilines is 1. The molecule has 1 aliphatic rings. The highest BCUT2D eigenvalue weighted by Crippen LogP contribution is 2.29. The SMILES string of the molecule is CC(C)(C)c1ccccc1NC(=O)c1cccc(S(=O)(=O)N2CCCCCC2)c1. The largest absolute Gasteiger partial charge is 0.322 e. The van der Waals surface area contributed by atoms with Crippen LogP contribution >= 0.6 is 0 Å². The molecule has 0 atom stereocenters. The van der Waals surface area contributed by atoms with E-state index in [1.807, 2.05) is 24.3 Å². The van der Waals surface area contributed by atoms with Gasteiger partial charge in [0.15, 0.2) is 0 Å². The predicted octanol–water partition coefficient (Wildman–Crippen LogP) is 4.80. The molecule has 0 unspecified atom stereocenters. The van der Waals surface area contributed by atoms with Gasteiger partial charge in [0.25, 0.3) is 5.91 Å². The van der Waals surface area contributed by atoms with E-state index in [2.05, 4.69) is 26.1 Å². The van der Waals surface area contributed by atoms with E-state index in [0.29, 0.717) is 18.7 Å². The van der Waals surface area contributed by atoms with Gasteiger partial charge in [0, 0.05) is 24.3 Å².